The van der Waals surface area contributed by atoms with Crippen LogP contribution in [0.15, 0.2) is 0 Å². The zero-order valence-corrected chi connectivity index (χ0v) is 5.74. The molecule has 0 saturated carbocycles. The topological polar surface area (TPSA) is 9.23 Å². The molecule has 1 nitrogen and oxygen atoms in total. The van der Waals surface area contributed by atoms with Gasteiger partial charge in [-0.1, -0.05) is 0 Å². The third-order valence-corrected chi connectivity index (χ3v) is 2.74. The van der Waals surface area contributed by atoms with E-state index in [0.717, 1.165) is 0 Å². The Morgan fingerprint density at radius 3 is 2.44 bits per heavy atom. The third-order valence-electron chi connectivity index (χ3n) is 1.20. The summed E-state index contributed by atoms with van der Waals surface area (Å²) in [6, 6.07) is -0.215. The average molecular weight is 156 g/mol. The molecular weight excluding hydrogens is 149 g/mol. The van der Waals surface area contributed by atoms with Crippen LogP contribution in [0.4, 0.5) is 12.6 Å². The van der Waals surface area contributed by atoms with Gasteiger partial charge >= 0.3 is 8.99 Å². The maximum absolute atomic E-state index is 12.1. The minimum absolute atomic E-state index is 0.128. The van der Waals surface area contributed by atoms with Gasteiger partial charge in [0.2, 0.25) is 0 Å². The molecule has 0 aromatic carbocycles. The van der Waals surface area contributed by atoms with Gasteiger partial charge in [-0.3, -0.25) is 0 Å². The van der Waals surface area contributed by atoms with Gasteiger partial charge in [-0.05, 0) is 6.42 Å². The largest absolute Gasteiger partial charge is 0.579 e. The number of alkyl halides is 1. The van der Waals surface area contributed by atoms with E-state index in [9.17, 15) is 12.6 Å². The van der Waals surface area contributed by atoms with Crippen molar-refractivity contribution >= 4 is 8.99 Å². The van der Waals surface area contributed by atoms with Crippen molar-refractivity contribution in [3.8, 4) is 0 Å². The van der Waals surface area contributed by atoms with Gasteiger partial charge in [0.05, 0.1) is 0 Å². The molecule has 1 aliphatic heterocycles. The standard InChI is InChI=1S/C4H7F3OSi/c5-4-2-1-3-9(6,7)8-4/h4H,1-3H2. The second-order valence-corrected chi connectivity index (χ2v) is 4.07. The Kier molecular flexibility index (Phi) is 1.81. The van der Waals surface area contributed by atoms with Crippen molar-refractivity contribution in [1.82, 2.24) is 0 Å². The molecule has 0 N–H and O–H groups in total. The van der Waals surface area contributed by atoms with Crippen LogP contribution in [0.3, 0.4) is 0 Å². The zero-order chi connectivity index (χ0) is 6.91. The van der Waals surface area contributed by atoms with Crippen LogP contribution < -0.4 is 0 Å². The molecule has 1 atom stereocenters. The quantitative estimate of drug-likeness (QED) is 0.385. The van der Waals surface area contributed by atoms with Crippen LogP contribution in [0.2, 0.25) is 6.04 Å². The molecule has 1 unspecified atom stereocenters. The fourth-order valence-corrected chi connectivity index (χ4v) is 2.00. The van der Waals surface area contributed by atoms with Crippen molar-refractivity contribution in [2.24, 2.45) is 0 Å². The summed E-state index contributed by atoms with van der Waals surface area (Å²) in [6.45, 7) is 0. The van der Waals surface area contributed by atoms with E-state index >= 15 is 0 Å². The molecule has 0 bridgehead atoms. The van der Waals surface area contributed by atoms with Crippen molar-refractivity contribution in [2.75, 3.05) is 0 Å². The fraction of sp³-hybridized carbons (Fsp3) is 1.00. The van der Waals surface area contributed by atoms with Crippen LogP contribution >= 0.6 is 0 Å². The van der Waals surface area contributed by atoms with E-state index < -0.39 is 15.3 Å². The molecule has 1 saturated heterocycles. The minimum atomic E-state index is -4.53. The van der Waals surface area contributed by atoms with Gasteiger partial charge in [0.1, 0.15) is 0 Å². The monoisotopic (exact) mass is 156 g/mol. The molecule has 0 aromatic heterocycles. The Balaban J connectivity index is 2.41. The normalized spacial score (nSPS) is 34.3. The maximum atomic E-state index is 12.1. The number of rotatable bonds is 0. The summed E-state index contributed by atoms with van der Waals surface area (Å²) in [6.07, 6.45) is -1.32. The summed E-state index contributed by atoms with van der Waals surface area (Å²) in [4.78, 5) is 0. The summed E-state index contributed by atoms with van der Waals surface area (Å²) in [5.74, 6) is 0. The third kappa shape index (κ3) is 1.98. The highest BCUT2D eigenvalue weighted by molar-refractivity contribution is 6.59. The first kappa shape index (κ1) is 7.08. The number of hydrogen-bond acceptors (Lipinski definition) is 1. The van der Waals surface area contributed by atoms with E-state index in [4.69, 9.17) is 0 Å². The van der Waals surface area contributed by atoms with E-state index in [1.54, 1.807) is 0 Å². The molecule has 1 fully saturated rings. The maximum Gasteiger partial charge on any atom is 0.579 e. The van der Waals surface area contributed by atoms with Gasteiger partial charge in [-0.25, -0.2) is 12.6 Å². The molecule has 1 rings (SSSR count). The molecular formula is C4H7F3OSi. The van der Waals surface area contributed by atoms with Crippen molar-refractivity contribution < 1.29 is 17.0 Å². The summed E-state index contributed by atoms with van der Waals surface area (Å²) in [7, 11) is -4.53. The predicted octanol–water partition coefficient (Wildman–Crippen LogP) is 1.97. The van der Waals surface area contributed by atoms with Gasteiger partial charge in [0.15, 0.2) is 6.36 Å². The van der Waals surface area contributed by atoms with Crippen LogP contribution in [0.1, 0.15) is 12.8 Å². The smallest absolute Gasteiger partial charge is 0.336 e. The molecule has 5 heteroatoms. The summed E-state index contributed by atoms with van der Waals surface area (Å²) < 4.78 is 40.1. The van der Waals surface area contributed by atoms with Gasteiger partial charge in [-0.15, -0.1) is 0 Å². The lowest BCUT2D eigenvalue weighted by molar-refractivity contribution is 0.00661. The van der Waals surface area contributed by atoms with Crippen LogP contribution in [-0.2, 0) is 4.43 Å². The molecule has 0 aromatic rings. The summed E-state index contributed by atoms with van der Waals surface area (Å²) in [5, 5.41) is 0. The Bertz CT molecular complexity index is 108. The first-order chi connectivity index (χ1) is 4.10. The van der Waals surface area contributed by atoms with Crippen LogP contribution in [0.25, 0.3) is 0 Å². The highest BCUT2D eigenvalue weighted by Crippen LogP contribution is 2.28. The van der Waals surface area contributed by atoms with Crippen molar-refractivity contribution in [2.45, 2.75) is 25.2 Å². The first-order valence-electron chi connectivity index (χ1n) is 2.80. The molecule has 0 spiro atoms. The molecule has 9 heavy (non-hydrogen) atoms. The SMILES string of the molecule is FC1CCC[Si](F)(F)O1. The van der Waals surface area contributed by atoms with E-state index in [0.29, 0.717) is 0 Å². The predicted molar refractivity (Wildman–Crippen MR) is 28.0 cm³/mol. The minimum Gasteiger partial charge on any atom is -0.336 e. The molecule has 1 heterocycles. The fourth-order valence-electron chi connectivity index (χ4n) is 0.773. The van der Waals surface area contributed by atoms with Crippen LogP contribution in [0, 0.1) is 0 Å². The van der Waals surface area contributed by atoms with Gasteiger partial charge < -0.3 is 4.43 Å². The van der Waals surface area contributed by atoms with Gasteiger partial charge in [-0.2, -0.15) is 0 Å². The van der Waals surface area contributed by atoms with E-state index in [-0.39, 0.29) is 18.9 Å². The lowest BCUT2D eigenvalue weighted by Gasteiger charge is -2.21. The number of halogens is 3. The lowest BCUT2D eigenvalue weighted by Crippen LogP contribution is -2.35. The Labute approximate surface area is 52.3 Å². The summed E-state index contributed by atoms with van der Waals surface area (Å²) in [5.41, 5.74) is 0. The van der Waals surface area contributed by atoms with Gasteiger partial charge in [0, 0.05) is 12.5 Å². The highest BCUT2D eigenvalue weighted by atomic mass is 28.4. The zero-order valence-electron chi connectivity index (χ0n) is 4.74. The van der Waals surface area contributed by atoms with Crippen LogP contribution in [0.5, 0.6) is 0 Å². The lowest BCUT2D eigenvalue weighted by atomic mass is 10.3. The Hall–Kier alpha value is -0.0331. The molecule has 0 radical (unpaired) electrons. The van der Waals surface area contributed by atoms with Gasteiger partial charge in [0.25, 0.3) is 0 Å². The summed E-state index contributed by atoms with van der Waals surface area (Å²) >= 11 is 0. The van der Waals surface area contributed by atoms with Crippen molar-refractivity contribution in [1.29, 1.82) is 0 Å². The molecule has 1 aliphatic rings. The Morgan fingerprint density at radius 2 is 2.11 bits per heavy atom. The van der Waals surface area contributed by atoms with E-state index in [2.05, 4.69) is 4.43 Å². The Morgan fingerprint density at radius 1 is 1.44 bits per heavy atom. The first-order valence-corrected chi connectivity index (χ1v) is 4.67. The molecule has 0 amide bonds. The van der Waals surface area contributed by atoms with Crippen molar-refractivity contribution in [3.63, 3.8) is 0 Å². The van der Waals surface area contributed by atoms with Crippen molar-refractivity contribution in [3.05, 3.63) is 0 Å². The molecule has 0 aliphatic carbocycles. The molecule has 54 valence electrons. The van der Waals surface area contributed by atoms with E-state index in [1.165, 1.54) is 0 Å². The number of hydrogen-bond donors (Lipinski definition) is 0. The highest BCUT2D eigenvalue weighted by Gasteiger charge is 2.43. The average Bonchev–Trinajstić information content (AvgIpc) is 1.60. The second kappa shape index (κ2) is 2.30. The van der Waals surface area contributed by atoms with Crippen LogP contribution in [-0.4, -0.2) is 15.3 Å². The van der Waals surface area contributed by atoms with E-state index in [1.807, 2.05) is 0 Å². The second-order valence-electron chi connectivity index (χ2n) is 2.06.